The van der Waals surface area contributed by atoms with Crippen LogP contribution >= 0.6 is 0 Å². The van der Waals surface area contributed by atoms with Gasteiger partial charge in [-0.15, -0.1) is 0 Å². The number of benzene rings is 1. The maximum Gasteiger partial charge on any atom is 0.232 e. The maximum atomic E-state index is 12.8. The largest absolute Gasteiger partial charge is 0.284 e. The molecule has 0 bridgehead atoms. The summed E-state index contributed by atoms with van der Waals surface area (Å²) in [5, 5.41) is 0. The number of rotatable bonds is 8. The van der Waals surface area contributed by atoms with Gasteiger partial charge in [-0.1, -0.05) is 0 Å². The Kier molecular flexibility index (Phi) is 5.99. The molecule has 1 aliphatic heterocycles. The zero-order valence-corrected chi connectivity index (χ0v) is 14.4. The zero-order chi connectivity index (χ0) is 16.9. The number of hydrogen-bond acceptors (Lipinski definition) is 4. The molecule has 0 atom stereocenters. The van der Waals surface area contributed by atoms with E-state index in [0.29, 0.717) is 19.5 Å². The lowest BCUT2D eigenvalue weighted by Crippen LogP contribution is -2.30. The first kappa shape index (κ1) is 18.2. The summed E-state index contributed by atoms with van der Waals surface area (Å²) < 4.78 is 64.4. The van der Waals surface area contributed by atoms with E-state index in [4.69, 9.17) is 0 Å². The Morgan fingerprint density at radius 1 is 0.957 bits per heavy atom. The molecule has 0 unspecified atom stereocenters. The van der Waals surface area contributed by atoms with Crippen LogP contribution in [0.4, 0.5) is 10.1 Å². The molecule has 1 heterocycles. The van der Waals surface area contributed by atoms with Crippen LogP contribution < -0.4 is 4.72 Å². The maximum absolute atomic E-state index is 12.8. The van der Waals surface area contributed by atoms with Gasteiger partial charge in [-0.05, 0) is 49.9 Å². The van der Waals surface area contributed by atoms with E-state index in [1.165, 1.54) is 28.6 Å². The van der Waals surface area contributed by atoms with Gasteiger partial charge in [0.2, 0.25) is 20.0 Å². The van der Waals surface area contributed by atoms with Crippen LogP contribution in [0.5, 0.6) is 0 Å². The molecule has 9 heteroatoms. The van der Waals surface area contributed by atoms with Crippen molar-refractivity contribution in [2.24, 2.45) is 0 Å². The van der Waals surface area contributed by atoms with E-state index in [1.807, 2.05) is 0 Å². The van der Waals surface area contributed by atoms with Crippen LogP contribution in [0.25, 0.3) is 0 Å². The van der Waals surface area contributed by atoms with Crippen molar-refractivity contribution in [2.75, 3.05) is 29.3 Å². The Morgan fingerprint density at radius 2 is 1.52 bits per heavy atom. The molecule has 1 aromatic rings. The fourth-order valence-corrected chi connectivity index (χ4v) is 5.24. The van der Waals surface area contributed by atoms with Crippen LogP contribution in [0.15, 0.2) is 24.3 Å². The van der Waals surface area contributed by atoms with Gasteiger partial charge in [-0.3, -0.25) is 4.72 Å². The van der Waals surface area contributed by atoms with Crippen LogP contribution in [0, 0.1) is 5.82 Å². The van der Waals surface area contributed by atoms with Crippen LogP contribution in [0.3, 0.4) is 0 Å². The summed E-state index contributed by atoms with van der Waals surface area (Å²) in [5.41, 5.74) is 0.288. The monoisotopic (exact) mass is 364 g/mol. The molecule has 0 amide bonds. The number of nitrogens with one attached hydrogen (secondary N) is 1. The Hall–Kier alpha value is -1.19. The van der Waals surface area contributed by atoms with Crippen LogP contribution in [0.1, 0.15) is 25.7 Å². The third-order valence-corrected chi connectivity index (χ3v) is 6.97. The van der Waals surface area contributed by atoms with Crippen molar-refractivity contribution in [2.45, 2.75) is 25.7 Å². The standard InChI is InChI=1S/C14H21FN2O4S2/c15-13-5-7-14(8-6-13)16-22(18,19)11-3-4-12-23(20,21)17-9-1-2-10-17/h5-8,16H,1-4,9-12H2. The summed E-state index contributed by atoms with van der Waals surface area (Å²) in [4.78, 5) is 0. The van der Waals surface area contributed by atoms with Gasteiger partial charge < -0.3 is 0 Å². The number of halogens is 1. The molecule has 1 aromatic carbocycles. The molecule has 0 radical (unpaired) electrons. The van der Waals surface area contributed by atoms with Crippen LogP contribution in [-0.4, -0.2) is 45.7 Å². The second-order valence-electron chi connectivity index (χ2n) is 5.56. The van der Waals surface area contributed by atoms with E-state index in [9.17, 15) is 21.2 Å². The molecule has 130 valence electrons. The van der Waals surface area contributed by atoms with Gasteiger partial charge in [0.05, 0.1) is 11.5 Å². The average molecular weight is 364 g/mol. The first-order valence-corrected chi connectivity index (χ1v) is 10.8. The third-order valence-electron chi connectivity index (χ3n) is 3.64. The smallest absolute Gasteiger partial charge is 0.232 e. The summed E-state index contributed by atoms with van der Waals surface area (Å²) in [5.74, 6) is -0.640. The predicted molar refractivity (Wildman–Crippen MR) is 87.6 cm³/mol. The minimum Gasteiger partial charge on any atom is -0.284 e. The lowest BCUT2D eigenvalue weighted by Gasteiger charge is -2.15. The molecule has 6 nitrogen and oxygen atoms in total. The average Bonchev–Trinajstić information content (AvgIpc) is 3.01. The van der Waals surface area contributed by atoms with Crippen molar-refractivity contribution in [1.82, 2.24) is 4.31 Å². The molecule has 2 rings (SSSR count). The van der Waals surface area contributed by atoms with Crippen molar-refractivity contribution in [3.05, 3.63) is 30.1 Å². The van der Waals surface area contributed by atoms with Gasteiger partial charge in [0.15, 0.2) is 0 Å². The van der Waals surface area contributed by atoms with E-state index in [1.54, 1.807) is 0 Å². The van der Waals surface area contributed by atoms with Crippen molar-refractivity contribution in [3.8, 4) is 0 Å². The van der Waals surface area contributed by atoms with E-state index < -0.39 is 25.9 Å². The molecular formula is C14H21FN2O4S2. The Morgan fingerprint density at radius 3 is 2.13 bits per heavy atom. The molecule has 1 aliphatic rings. The van der Waals surface area contributed by atoms with Crippen molar-refractivity contribution >= 4 is 25.7 Å². The highest BCUT2D eigenvalue weighted by atomic mass is 32.2. The molecule has 0 aliphatic carbocycles. The van der Waals surface area contributed by atoms with E-state index in [-0.39, 0.29) is 23.6 Å². The van der Waals surface area contributed by atoms with Crippen molar-refractivity contribution in [3.63, 3.8) is 0 Å². The third kappa shape index (κ3) is 5.74. The highest BCUT2D eigenvalue weighted by molar-refractivity contribution is 7.92. The highest BCUT2D eigenvalue weighted by Gasteiger charge is 2.24. The van der Waals surface area contributed by atoms with Gasteiger partial charge in [0, 0.05) is 18.8 Å². The summed E-state index contributed by atoms with van der Waals surface area (Å²) in [6.07, 6.45) is 2.32. The molecule has 23 heavy (non-hydrogen) atoms. The SMILES string of the molecule is O=S(=O)(CCCCS(=O)(=O)N1CCCC1)Nc1ccc(F)cc1. The van der Waals surface area contributed by atoms with Crippen LogP contribution in [0.2, 0.25) is 0 Å². The number of sulfonamides is 2. The van der Waals surface area contributed by atoms with Gasteiger partial charge in [-0.25, -0.2) is 25.5 Å². The number of hydrogen-bond donors (Lipinski definition) is 1. The lowest BCUT2D eigenvalue weighted by molar-refractivity contribution is 0.475. The fourth-order valence-electron chi connectivity index (χ4n) is 2.42. The minimum absolute atomic E-state index is 0.0287. The first-order valence-electron chi connectivity index (χ1n) is 7.52. The molecular weight excluding hydrogens is 343 g/mol. The molecule has 0 saturated carbocycles. The fraction of sp³-hybridized carbons (Fsp3) is 0.571. The van der Waals surface area contributed by atoms with E-state index in [0.717, 1.165) is 12.8 Å². The second-order valence-corrected chi connectivity index (χ2v) is 9.49. The quantitative estimate of drug-likeness (QED) is 0.713. The number of anilines is 1. The van der Waals surface area contributed by atoms with Gasteiger partial charge in [0.1, 0.15) is 5.82 Å². The summed E-state index contributed by atoms with van der Waals surface area (Å²) in [6.45, 7) is 1.12. The van der Waals surface area contributed by atoms with E-state index >= 15 is 0 Å². The molecule has 0 aromatic heterocycles. The highest BCUT2D eigenvalue weighted by Crippen LogP contribution is 2.15. The van der Waals surface area contributed by atoms with Gasteiger partial charge >= 0.3 is 0 Å². The molecule has 1 saturated heterocycles. The Labute approximate surface area is 136 Å². The number of nitrogens with zero attached hydrogens (tertiary/aromatic N) is 1. The minimum atomic E-state index is -3.57. The lowest BCUT2D eigenvalue weighted by atomic mass is 10.3. The molecule has 0 spiro atoms. The van der Waals surface area contributed by atoms with E-state index in [2.05, 4.69) is 4.72 Å². The summed E-state index contributed by atoms with van der Waals surface area (Å²) in [6, 6.07) is 5.01. The second kappa shape index (κ2) is 7.59. The van der Waals surface area contributed by atoms with Gasteiger partial charge in [0.25, 0.3) is 0 Å². The topological polar surface area (TPSA) is 83.5 Å². The van der Waals surface area contributed by atoms with Crippen LogP contribution in [-0.2, 0) is 20.0 Å². The van der Waals surface area contributed by atoms with Crippen molar-refractivity contribution in [1.29, 1.82) is 0 Å². The zero-order valence-electron chi connectivity index (χ0n) is 12.7. The predicted octanol–water partition coefficient (Wildman–Crippen LogP) is 1.77. The number of unbranched alkanes of at least 4 members (excludes halogenated alkanes) is 1. The normalized spacial score (nSPS) is 16.6. The summed E-state index contributed by atoms with van der Waals surface area (Å²) in [7, 11) is -6.83. The summed E-state index contributed by atoms with van der Waals surface area (Å²) >= 11 is 0. The molecule has 1 fully saturated rings. The van der Waals surface area contributed by atoms with Gasteiger partial charge in [-0.2, -0.15) is 0 Å². The Balaban J connectivity index is 1.77. The molecule has 1 N–H and O–H groups in total. The first-order chi connectivity index (χ1) is 10.8. The Bertz CT molecular complexity index is 712. The van der Waals surface area contributed by atoms with Crippen molar-refractivity contribution < 1.29 is 21.2 Å².